The summed E-state index contributed by atoms with van der Waals surface area (Å²) in [5.41, 5.74) is 7.20. The summed E-state index contributed by atoms with van der Waals surface area (Å²) < 4.78 is 0. The fourth-order valence-electron chi connectivity index (χ4n) is 2.64. The number of carbonyl (C=O) groups excluding carboxylic acids is 1. The first-order chi connectivity index (χ1) is 9.15. The lowest BCUT2D eigenvalue weighted by molar-refractivity contribution is -0.134. The van der Waals surface area contributed by atoms with Crippen molar-refractivity contribution in [2.45, 2.75) is 45.2 Å². The summed E-state index contributed by atoms with van der Waals surface area (Å²) in [6.45, 7) is 4.92. The van der Waals surface area contributed by atoms with E-state index in [0.29, 0.717) is 0 Å². The van der Waals surface area contributed by atoms with Gasteiger partial charge in [0, 0.05) is 18.9 Å². The van der Waals surface area contributed by atoms with E-state index in [1.165, 1.54) is 0 Å². The summed E-state index contributed by atoms with van der Waals surface area (Å²) in [5.74, 6) is 0.309. The smallest absolute Gasteiger partial charge is 0.240 e. The van der Waals surface area contributed by atoms with Gasteiger partial charge < -0.3 is 10.6 Å². The molecule has 3 atom stereocenters. The Morgan fingerprint density at radius 3 is 3.05 bits per heavy atom. The molecule has 4 nitrogen and oxygen atoms in total. The monoisotopic (exact) mass is 261 g/mol. The second-order valence-electron chi connectivity index (χ2n) is 5.39. The standard InChI is InChI=1S/C15H23N3O/c1-3-11(2)14(16)15(19)18-9-5-7-13(18)12-6-4-8-17-10-12/h4,6,8,10-11,13-14H,3,5,7,9,16H2,1-2H3/t11-,13?,14-/m0/s1. The highest BCUT2D eigenvalue weighted by atomic mass is 16.2. The van der Waals surface area contributed by atoms with E-state index >= 15 is 0 Å². The van der Waals surface area contributed by atoms with E-state index in [0.717, 1.165) is 31.4 Å². The first-order valence-electron chi connectivity index (χ1n) is 7.11. The summed E-state index contributed by atoms with van der Waals surface area (Å²) in [6, 6.07) is 3.72. The molecule has 2 heterocycles. The van der Waals surface area contributed by atoms with Crippen LogP contribution in [0.15, 0.2) is 24.5 Å². The Morgan fingerprint density at radius 1 is 1.63 bits per heavy atom. The van der Waals surface area contributed by atoms with E-state index in [1.807, 2.05) is 30.2 Å². The predicted molar refractivity (Wildman–Crippen MR) is 75.4 cm³/mol. The summed E-state index contributed by atoms with van der Waals surface area (Å²) in [5, 5.41) is 0. The van der Waals surface area contributed by atoms with Gasteiger partial charge in [0.25, 0.3) is 0 Å². The minimum Gasteiger partial charge on any atom is -0.334 e. The number of nitrogens with zero attached hydrogens (tertiary/aromatic N) is 2. The molecule has 19 heavy (non-hydrogen) atoms. The van der Waals surface area contributed by atoms with Crippen LogP contribution < -0.4 is 5.73 Å². The third kappa shape index (κ3) is 2.95. The predicted octanol–water partition coefficient (Wildman–Crippen LogP) is 2.12. The fraction of sp³-hybridized carbons (Fsp3) is 0.600. The van der Waals surface area contributed by atoms with Crippen molar-refractivity contribution >= 4 is 5.91 Å². The molecule has 1 aliphatic rings. The van der Waals surface area contributed by atoms with E-state index in [-0.39, 0.29) is 23.9 Å². The molecule has 0 spiro atoms. The van der Waals surface area contributed by atoms with Gasteiger partial charge >= 0.3 is 0 Å². The highest BCUT2D eigenvalue weighted by molar-refractivity contribution is 5.82. The zero-order valence-electron chi connectivity index (χ0n) is 11.7. The zero-order chi connectivity index (χ0) is 13.8. The number of nitrogens with two attached hydrogens (primary N) is 1. The van der Waals surface area contributed by atoms with Crippen LogP contribution in [0.2, 0.25) is 0 Å². The largest absolute Gasteiger partial charge is 0.334 e. The lowest BCUT2D eigenvalue weighted by atomic mass is 9.98. The topological polar surface area (TPSA) is 59.2 Å². The van der Waals surface area contributed by atoms with E-state index in [1.54, 1.807) is 6.20 Å². The van der Waals surface area contributed by atoms with Crippen LogP contribution in [0.5, 0.6) is 0 Å². The number of amides is 1. The van der Waals surface area contributed by atoms with Crippen molar-refractivity contribution in [3.63, 3.8) is 0 Å². The lowest BCUT2D eigenvalue weighted by Crippen LogP contribution is -2.46. The number of likely N-dealkylation sites (tertiary alicyclic amines) is 1. The Bertz CT molecular complexity index is 421. The van der Waals surface area contributed by atoms with Crippen molar-refractivity contribution in [3.05, 3.63) is 30.1 Å². The first kappa shape index (κ1) is 14.0. The number of hydrogen-bond donors (Lipinski definition) is 1. The maximum absolute atomic E-state index is 12.5. The highest BCUT2D eigenvalue weighted by Crippen LogP contribution is 2.32. The van der Waals surface area contributed by atoms with Crippen LogP contribution in [-0.4, -0.2) is 28.4 Å². The van der Waals surface area contributed by atoms with Crippen LogP contribution in [0.4, 0.5) is 0 Å². The van der Waals surface area contributed by atoms with Gasteiger partial charge in [-0.3, -0.25) is 9.78 Å². The van der Waals surface area contributed by atoms with Crippen molar-refractivity contribution in [3.8, 4) is 0 Å². The van der Waals surface area contributed by atoms with Gasteiger partial charge in [0.05, 0.1) is 12.1 Å². The summed E-state index contributed by atoms with van der Waals surface area (Å²) >= 11 is 0. The highest BCUT2D eigenvalue weighted by Gasteiger charge is 2.34. The maximum atomic E-state index is 12.5. The number of rotatable bonds is 4. The third-order valence-corrected chi connectivity index (χ3v) is 4.15. The fourth-order valence-corrected chi connectivity index (χ4v) is 2.64. The average Bonchev–Trinajstić information content (AvgIpc) is 2.95. The zero-order valence-corrected chi connectivity index (χ0v) is 11.7. The number of aromatic nitrogens is 1. The molecule has 4 heteroatoms. The molecule has 1 aromatic rings. The van der Waals surface area contributed by atoms with Crippen molar-refractivity contribution in [1.82, 2.24) is 9.88 Å². The molecule has 2 rings (SSSR count). The Balaban J connectivity index is 2.13. The Hall–Kier alpha value is -1.42. The minimum absolute atomic E-state index is 0.0840. The lowest BCUT2D eigenvalue weighted by Gasteiger charge is -2.29. The summed E-state index contributed by atoms with van der Waals surface area (Å²) in [6.07, 6.45) is 6.59. The van der Waals surface area contributed by atoms with Crippen LogP contribution in [-0.2, 0) is 4.79 Å². The molecule has 0 radical (unpaired) electrons. The van der Waals surface area contributed by atoms with Gasteiger partial charge in [0.2, 0.25) is 5.91 Å². The van der Waals surface area contributed by atoms with Gasteiger partial charge in [0.15, 0.2) is 0 Å². The van der Waals surface area contributed by atoms with Crippen molar-refractivity contribution in [1.29, 1.82) is 0 Å². The SMILES string of the molecule is CC[C@H](C)[C@H](N)C(=O)N1CCCC1c1cccnc1. The van der Waals surface area contributed by atoms with Crippen LogP contribution in [0, 0.1) is 5.92 Å². The van der Waals surface area contributed by atoms with Gasteiger partial charge in [0.1, 0.15) is 0 Å². The number of hydrogen-bond acceptors (Lipinski definition) is 3. The van der Waals surface area contributed by atoms with Gasteiger partial charge in [-0.2, -0.15) is 0 Å². The maximum Gasteiger partial charge on any atom is 0.240 e. The summed E-state index contributed by atoms with van der Waals surface area (Å²) in [7, 11) is 0. The molecule has 0 saturated carbocycles. The van der Waals surface area contributed by atoms with Gasteiger partial charge in [-0.1, -0.05) is 26.3 Å². The van der Waals surface area contributed by atoms with Crippen LogP contribution in [0.25, 0.3) is 0 Å². The second-order valence-corrected chi connectivity index (χ2v) is 5.39. The number of pyridine rings is 1. The molecular weight excluding hydrogens is 238 g/mol. The minimum atomic E-state index is -0.387. The molecular formula is C15H23N3O. The number of carbonyl (C=O) groups is 1. The molecule has 104 valence electrons. The van der Waals surface area contributed by atoms with Crippen molar-refractivity contribution < 1.29 is 4.79 Å². The Kier molecular flexibility index (Phi) is 4.53. The normalized spacial score (nSPS) is 22.3. The van der Waals surface area contributed by atoms with Gasteiger partial charge in [-0.25, -0.2) is 0 Å². The van der Waals surface area contributed by atoms with Crippen molar-refractivity contribution in [2.75, 3.05) is 6.54 Å². The van der Waals surface area contributed by atoms with E-state index in [2.05, 4.69) is 11.9 Å². The molecule has 1 amide bonds. The molecule has 0 bridgehead atoms. The third-order valence-electron chi connectivity index (χ3n) is 4.15. The molecule has 1 saturated heterocycles. The van der Waals surface area contributed by atoms with Crippen LogP contribution in [0.3, 0.4) is 0 Å². The summed E-state index contributed by atoms with van der Waals surface area (Å²) in [4.78, 5) is 18.6. The first-order valence-corrected chi connectivity index (χ1v) is 7.11. The average molecular weight is 261 g/mol. The van der Waals surface area contributed by atoms with Gasteiger partial charge in [-0.05, 0) is 30.4 Å². The molecule has 1 fully saturated rings. The van der Waals surface area contributed by atoms with E-state index in [9.17, 15) is 4.79 Å². The molecule has 1 aliphatic heterocycles. The Labute approximate surface area is 115 Å². The van der Waals surface area contributed by atoms with E-state index < -0.39 is 0 Å². The molecule has 0 aromatic carbocycles. The van der Waals surface area contributed by atoms with Crippen LogP contribution >= 0.6 is 0 Å². The molecule has 1 unspecified atom stereocenters. The molecule has 1 aromatic heterocycles. The van der Waals surface area contributed by atoms with E-state index in [4.69, 9.17) is 5.73 Å². The van der Waals surface area contributed by atoms with Crippen LogP contribution in [0.1, 0.15) is 44.7 Å². The second kappa shape index (κ2) is 6.15. The Morgan fingerprint density at radius 2 is 2.42 bits per heavy atom. The van der Waals surface area contributed by atoms with Crippen molar-refractivity contribution in [2.24, 2.45) is 11.7 Å². The molecule has 2 N–H and O–H groups in total. The van der Waals surface area contributed by atoms with Gasteiger partial charge in [-0.15, -0.1) is 0 Å². The quantitative estimate of drug-likeness (QED) is 0.903. The molecule has 0 aliphatic carbocycles.